The fourth-order valence-electron chi connectivity index (χ4n) is 6.26. The van der Waals surface area contributed by atoms with Gasteiger partial charge in [-0.1, -0.05) is 59.3 Å². The molecule has 1 aliphatic heterocycles. The lowest BCUT2D eigenvalue weighted by Crippen LogP contribution is -2.32. The van der Waals surface area contributed by atoms with Crippen molar-refractivity contribution in [3.8, 4) is 0 Å². The molecule has 1 aliphatic carbocycles. The van der Waals surface area contributed by atoms with Gasteiger partial charge in [0, 0.05) is 19.6 Å². The van der Waals surface area contributed by atoms with Crippen LogP contribution in [0.5, 0.6) is 0 Å². The smallest absolute Gasteiger partial charge is 0.0687 e. The summed E-state index contributed by atoms with van der Waals surface area (Å²) >= 11 is 0. The van der Waals surface area contributed by atoms with Crippen LogP contribution in [0.3, 0.4) is 0 Å². The summed E-state index contributed by atoms with van der Waals surface area (Å²) in [5.74, 6) is 0.836. The van der Waals surface area contributed by atoms with Gasteiger partial charge in [0.15, 0.2) is 0 Å². The molecule has 1 spiro atoms. The molecule has 1 saturated heterocycles. The molecule has 0 aromatic rings. The molecular formula is C27H49NO. The molecular weight excluding hydrogens is 354 g/mol. The third kappa shape index (κ3) is 7.87. The minimum atomic E-state index is 0.175. The van der Waals surface area contributed by atoms with Crippen LogP contribution in [-0.2, 0) is 4.74 Å². The zero-order valence-corrected chi connectivity index (χ0v) is 20.5. The summed E-state index contributed by atoms with van der Waals surface area (Å²) in [6.07, 6.45) is 14.0. The maximum atomic E-state index is 6.79. The predicted octanol–water partition coefficient (Wildman–Crippen LogP) is 7.40. The van der Waals surface area contributed by atoms with E-state index in [0.717, 1.165) is 32.0 Å². The van der Waals surface area contributed by atoms with Crippen molar-refractivity contribution < 1.29 is 4.74 Å². The SMILES string of the molecule is C=CCN(CCC1CCC2(CCCC(C(C)(C)CC(C)(C)C)CC2)O1)CC(=C)C. The van der Waals surface area contributed by atoms with Crippen LogP contribution in [0.25, 0.3) is 0 Å². The first-order chi connectivity index (χ1) is 13.4. The molecule has 1 heterocycles. The van der Waals surface area contributed by atoms with E-state index in [1.807, 2.05) is 6.08 Å². The van der Waals surface area contributed by atoms with Crippen molar-refractivity contribution in [3.63, 3.8) is 0 Å². The van der Waals surface area contributed by atoms with Crippen molar-refractivity contribution in [1.82, 2.24) is 4.90 Å². The highest BCUT2D eigenvalue weighted by Gasteiger charge is 2.43. The monoisotopic (exact) mass is 403 g/mol. The van der Waals surface area contributed by atoms with Crippen molar-refractivity contribution in [2.45, 2.75) is 111 Å². The van der Waals surface area contributed by atoms with Crippen molar-refractivity contribution in [2.75, 3.05) is 19.6 Å². The number of hydrogen-bond acceptors (Lipinski definition) is 2. The third-order valence-corrected chi connectivity index (χ3v) is 7.21. The van der Waals surface area contributed by atoms with Crippen LogP contribution >= 0.6 is 0 Å². The Hall–Kier alpha value is -0.600. The lowest BCUT2D eigenvalue weighted by molar-refractivity contribution is -0.0564. The van der Waals surface area contributed by atoms with E-state index in [1.165, 1.54) is 56.9 Å². The third-order valence-electron chi connectivity index (χ3n) is 7.21. The number of ether oxygens (including phenoxy) is 1. The van der Waals surface area contributed by atoms with Gasteiger partial charge >= 0.3 is 0 Å². The molecule has 0 amide bonds. The summed E-state index contributed by atoms with van der Waals surface area (Å²) in [5, 5.41) is 0. The van der Waals surface area contributed by atoms with Gasteiger partial charge in [0.05, 0.1) is 11.7 Å². The van der Waals surface area contributed by atoms with E-state index in [4.69, 9.17) is 4.74 Å². The average Bonchev–Trinajstić information content (AvgIpc) is 2.83. The molecule has 0 N–H and O–H groups in total. The molecule has 29 heavy (non-hydrogen) atoms. The maximum absolute atomic E-state index is 6.79. The van der Waals surface area contributed by atoms with Crippen LogP contribution in [0.1, 0.15) is 99.3 Å². The molecule has 2 rings (SSSR count). The highest BCUT2D eigenvalue weighted by atomic mass is 16.5. The van der Waals surface area contributed by atoms with Crippen molar-refractivity contribution >= 4 is 0 Å². The number of hydrogen-bond donors (Lipinski definition) is 0. The van der Waals surface area contributed by atoms with E-state index in [9.17, 15) is 0 Å². The Labute approximate surface area is 182 Å². The topological polar surface area (TPSA) is 12.5 Å². The largest absolute Gasteiger partial charge is 0.372 e. The van der Waals surface area contributed by atoms with Gasteiger partial charge in [0.1, 0.15) is 0 Å². The molecule has 168 valence electrons. The molecule has 0 aromatic heterocycles. The van der Waals surface area contributed by atoms with E-state index in [2.05, 4.69) is 59.6 Å². The minimum absolute atomic E-state index is 0.175. The second-order valence-corrected chi connectivity index (χ2v) is 12.1. The first kappa shape index (κ1) is 24.7. The Morgan fingerprint density at radius 1 is 1.10 bits per heavy atom. The lowest BCUT2D eigenvalue weighted by atomic mass is 9.66. The van der Waals surface area contributed by atoms with Crippen LogP contribution in [0, 0.1) is 16.7 Å². The summed E-state index contributed by atoms with van der Waals surface area (Å²) < 4.78 is 6.79. The first-order valence-corrected chi connectivity index (χ1v) is 12.1. The molecule has 3 atom stereocenters. The molecule has 2 fully saturated rings. The zero-order chi connectivity index (χ0) is 21.7. The van der Waals surface area contributed by atoms with Gasteiger partial charge in [-0.3, -0.25) is 4.90 Å². The molecule has 1 saturated carbocycles. The molecule has 3 unspecified atom stereocenters. The van der Waals surface area contributed by atoms with E-state index >= 15 is 0 Å². The molecule has 2 heteroatoms. The van der Waals surface area contributed by atoms with Gasteiger partial charge in [-0.15, -0.1) is 6.58 Å². The van der Waals surface area contributed by atoms with Crippen LogP contribution in [0.2, 0.25) is 0 Å². The molecule has 2 nitrogen and oxygen atoms in total. The highest BCUT2D eigenvalue weighted by molar-refractivity contribution is 4.96. The molecule has 0 radical (unpaired) electrons. The second kappa shape index (κ2) is 10.1. The summed E-state index contributed by atoms with van der Waals surface area (Å²) in [4.78, 5) is 2.45. The fourth-order valence-corrected chi connectivity index (χ4v) is 6.26. The Bertz CT molecular complexity index is 543. The number of nitrogens with zero attached hydrogens (tertiary/aromatic N) is 1. The summed E-state index contributed by atoms with van der Waals surface area (Å²) in [7, 11) is 0. The summed E-state index contributed by atoms with van der Waals surface area (Å²) in [6, 6.07) is 0. The number of rotatable bonds is 9. The van der Waals surface area contributed by atoms with Gasteiger partial charge in [-0.2, -0.15) is 0 Å². The molecule has 0 bridgehead atoms. The lowest BCUT2D eigenvalue weighted by Gasteiger charge is -2.39. The summed E-state index contributed by atoms with van der Waals surface area (Å²) in [5.41, 5.74) is 2.23. The highest BCUT2D eigenvalue weighted by Crippen LogP contribution is 2.49. The first-order valence-electron chi connectivity index (χ1n) is 12.1. The van der Waals surface area contributed by atoms with Crippen molar-refractivity contribution in [3.05, 3.63) is 24.8 Å². The van der Waals surface area contributed by atoms with Gasteiger partial charge < -0.3 is 4.74 Å². The quantitative estimate of drug-likeness (QED) is 0.372. The fraction of sp³-hybridized carbons (Fsp3) is 0.852. The minimum Gasteiger partial charge on any atom is -0.372 e. The van der Waals surface area contributed by atoms with E-state index in [1.54, 1.807) is 0 Å². The van der Waals surface area contributed by atoms with E-state index in [0.29, 0.717) is 16.9 Å². The Balaban J connectivity index is 1.88. The van der Waals surface area contributed by atoms with E-state index < -0.39 is 0 Å². The van der Waals surface area contributed by atoms with Crippen molar-refractivity contribution in [1.29, 1.82) is 0 Å². The predicted molar refractivity (Wildman–Crippen MR) is 127 cm³/mol. The zero-order valence-electron chi connectivity index (χ0n) is 20.5. The average molecular weight is 404 g/mol. The van der Waals surface area contributed by atoms with Gasteiger partial charge in [-0.05, 0) is 75.0 Å². The Kier molecular flexibility index (Phi) is 8.62. The maximum Gasteiger partial charge on any atom is 0.0687 e. The standard InChI is InChI=1S/C27H49NO/c1-9-18-28(20-22(2)3)19-14-24-13-17-27(29-24)15-10-11-23(12-16-27)26(7,8)21-25(4,5)6/h9,23-24H,1-2,10-21H2,3-8H3. The summed E-state index contributed by atoms with van der Waals surface area (Å²) in [6.45, 7) is 25.3. The van der Waals surface area contributed by atoms with E-state index in [-0.39, 0.29) is 5.60 Å². The van der Waals surface area contributed by atoms with Crippen LogP contribution < -0.4 is 0 Å². The Morgan fingerprint density at radius 2 is 1.79 bits per heavy atom. The van der Waals surface area contributed by atoms with Gasteiger partial charge in [-0.25, -0.2) is 0 Å². The van der Waals surface area contributed by atoms with Crippen LogP contribution in [0.15, 0.2) is 24.8 Å². The van der Waals surface area contributed by atoms with Crippen LogP contribution in [0.4, 0.5) is 0 Å². The normalized spacial score (nSPS) is 28.7. The van der Waals surface area contributed by atoms with Crippen molar-refractivity contribution in [2.24, 2.45) is 16.7 Å². The van der Waals surface area contributed by atoms with Gasteiger partial charge in [0.25, 0.3) is 0 Å². The second-order valence-electron chi connectivity index (χ2n) is 12.1. The molecule has 2 aliphatic rings. The molecule has 0 aromatic carbocycles. The van der Waals surface area contributed by atoms with Crippen LogP contribution in [-0.4, -0.2) is 36.2 Å². The van der Waals surface area contributed by atoms with Gasteiger partial charge in [0.2, 0.25) is 0 Å². The Morgan fingerprint density at radius 3 is 2.41 bits per heavy atom.